The third kappa shape index (κ3) is 12.9. The SMILES string of the molecule is Cc1cccc(NC(=O)COCCOCCOCCNC=O)c1CN(C=O)C(C)CCC(=O)NC=O. The number of ether oxygens (including phenoxy) is 3. The van der Waals surface area contributed by atoms with Crippen LogP contribution in [-0.2, 0) is 44.7 Å². The molecule has 0 aliphatic carbocycles. The van der Waals surface area contributed by atoms with Gasteiger partial charge in [-0.15, -0.1) is 0 Å². The molecule has 0 spiro atoms. The summed E-state index contributed by atoms with van der Waals surface area (Å²) >= 11 is 0. The number of nitrogens with one attached hydrogen (secondary N) is 3. The molecule has 1 aromatic carbocycles. The van der Waals surface area contributed by atoms with Crippen molar-refractivity contribution >= 4 is 36.7 Å². The van der Waals surface area contributed by atoms with E-state index in [2.05, 4.69) is 16.0 Å². The molecule has 0 aliphatic rings. The van der Waals surface area contributed by atoms with Gasteiger partial charge in [0.1, 0.15) is 6.61 Å². The fraction of sp³-hybridized carbons (Fsp3) is 0.542. The molecule has 0 aliphatic heterocycles. The van der Waals surface area contributed by atoms with Crippen LogP contribution in [0, 0.1) is 6.92 Å². The van der Waals surface area contributed by atoms with Gasteiger partial charge in [0.25, 0.3) is 0 Å². The van der Waals surface area contributed by atoms with Crippen molar-refractivity contribution in [3.05, 3.63) is 29.3 Å². The lowest BCUT2D eigenvalue weighted by Gasteiger charge is -2.27. The molecule has 1 unspecified atom stereocenters. The number of hydrogen-bond acceptors (Lipinski definition) is 8. The smallest absolute Gasteiger partial charge is 0.250 e. The Hall–Kier alpha value is -3.35. The highest BCUT2D eigenvalue weighted by molar-refractivity contribution is 5.92. The zero-order valence-electron chi connectivity index (χ0n) is 20.8. The summed E-state index contributed by atoms with van der Waals surface area (Å²) < 4.78 is 16.0. The first kappa shape index (κ1) is 30.7. The number of amides is 5. The summed E-state index contributed by atoms with van der Waals surface area (Å²) in [5.41, 5.74) is 2.23. The van der Waals surface area contributed by atoms with E-state index >= 15 is 0 Å². The van der Waals surface area contributed by atoms with Gasteiger partial charge in [-0.2, -0.15) is 0 Å². The molecule has 1 atom stereocenters. The number of carbonyl (C=O) groups is 5. The first-order valence-corrected chi connectivity index (χ1v) is 11.7. The standard InChI is InChI=1S/C24H36N4O8/c1-19-4-3-5-22(21(19)14-28(18-31)20(2)6-7-23(32)26-17-30)27-24(33)15-36-13-12-35-11-10-34-9-8-25-16-29/h3-5,16-18,20H,6-15H2,1-2H3,(H,25,29)(H,27,33)(H,26,30,32). The molecule has 5 amide bonds. The van der Waals surface area contributed by atoms with E-state index in [1.807, 2.05) is 19.9 Å². The van der Waals surface area contributed by atoms with Crippen LogP contribution >= 0.6 is 0 Å². The Labute approximate surface area is 211 Å². The molecule has 200 valence electrons. The summed E-state index contributed by atoms with van der Waals surface area (Å²) in [5, 5.41) is 7.39. The van der Waals surface area contributed by atoms with Gasteiger partial charge in [0.05, 0.1) is 33.0 Å². The van der Waals surface area contributed by atoms with Gasteiger partial charge in [0.2, 0.25) is 31.0 Å². The zero-order valence-corrected chi connectivity index (χ0v) is 20.8. The van der Waals surface area contributed by atoms with E-state index in [9.17, 15) is 24.0 Å². The van der Waals surface area contributed by atoms with E-state index in [1.165, 1.54) is 0 Å². The number of imide groups is 1. The predicted octanol–water partition coefficient (Wildman–Crippen LogP) is 0.129. The maximum Gasteiger partial charge on any atom is 0.250 e. The maximum atomic E-state index is 12.4. The van der Waals surface area contributed by atoms with Crippen LogP contribution in [0.5, 0.6) is 0 Å². The average Bonchev–Trinajstić information content (AvgIpc) is 2.86. The first-order chi connectivity index (χ1) is 17.4. The van der Waals surface area contributed by atoms with Crippen molar-refractivity contribution in [2.45, 2.75) is 39.3 Å². The molecule has 1 aromatic rings. The molecule has 0 bridgehead atoms. The summed E-state index contributed by atoms with van der Waals surface area (Å²) in [6.45, 7) is 5.91. The molecule has 0 aromatic heterocycles. The van der Waals surface area contributed by atoms with E-state index in [0.717, 1.165) is 11.1 Å². The minimum absolute atomic E-state index is 0.106. The fourth-order valence-corrected chi connectivity index (χ4v) is 3.13. The second kappa shape index (κ2) is 18.9. The van der Waals surface area contributed by atoms with Gasteiger partial charge >= 0.3 is 0 Å². The van der Waals surface area contributed by atoms with Crippen LogP contribution in [0.15, 0.2) is 18.2 Å². The summed E-state index contributed by atoms with van der Waals surface area (Å²) in [7, 11) is 0. The van der Waals surface area contributed by atoms with Gasteiger partial charge < -0.3 is 29.7 Å². The van der Waals surface area contributed by atoms with E-state index in [0.29, 0.717) is 64.3 Å². The Bertz CT molecular complexity index is 836. The van der Waals surface area contributed by atoms with E-state index in [1.54, 1.807) is 17.0 Å². The molecule has 12 nitrogen and oxygen atoms in total. The Kier molecular flexibility index (Phi) is 16.1. The Morgan fingerprint density at radius 2 is 1.67 bits per heavy atom. The summed E-state index contributed by atoms with van der Waals surface area (Å²) in [6, 6.07) is 5.18. The summed E-state index contributed by atoms with van der Waals surface area (Å²) in [6.07, 6.45) is 2.13. The first-order valence-electron chi connectivity index (χ1n) is 11.7. The molecule has 0 saturated heterocycles. The molecule has 0 fully saturated rings. The quantitative estimate of drug-likeness (QED) is 0.157. The Balaban J connectivity index is 2.46. The average molecular weight is 509 g/mol. The molecule has 0 heterocycles. The molecule has 0 radical (unpaired) electrons. The van der Waals surface area contributed by atoms with Gasteiger partial charge in [0, 0.05) is 31.2 Å². The van der Waals surface area contributed by atoms with Gasteiger partial charge in [-0.25, -0.2) is 0 Å². The maximum absolute atomic E-state index is 12.4. The highest BCUT2D eigenvalue weighted by Gasteiger charge is 2.17. The predicted molar refractivity (Wildman–Crippen MR) is 131 cm³/mol. The molecule has 36 heavy (non-hydrogen) atoms. The van der Waals surface area contributed by atoms with Crippen molar-refractivity contribution < 1.29 is 38.2 Å². The molecule has 12 heteroatoms. The highest BCUT2D eigenvalue weighted by Crippen LogP contribution is 2.23. The van der Waals surface area contributed by atoms with Gasteiger partial charge in [0.15, 0.2) is 0 Å². The molecule has 0 saturated carbocycles. The third-order valence-corrected chi connectivity index (χ3v) is 5.19. The van der Waals surface area contributed by atoms with Crippen LogP contribution in [0.2, 0.25) is 0 Å². The minimum atomic E-state index is -0.408. The lowest BCUT2D eigenvalue weighted by Crippen LogP contribution is -2.33. The Morgan fingerprint density at radius 3 is 2.33 bits per heavy atom. The Morgan fingerprint density at radius 1 is 0.972 bits per heavy atom. The van der Waals surface area contributed by atoms with Gasteiger partial charge in [-0.1, -0.05) is 12.1 Å². The second-order valence-electron chi connectivity index (χ2n) is 7.85. The topological polar surface area (TPSA) is 152 Å². The lowest BCUT2D eigenvalue weighted by atomic mass is 10.0. The molecule has 1 rings (SSSR count). The number of carbonyl (C=O) groups excluding carboxylic acids is 5. The van der Waals surface area contributed by atoms with Crippen molar-refractivity contribution in [3.63, 3.8) is 0 Å². The van der Waals surface area contributed by atoms with Crippen LogP contribution in [0.1, 0.15) is 30.9 Å². The second-order valence-corrected chi connectivity index (χ2v) is 7.85. The molecule has 3 N–H and O–H groups in total. The van der Waals surface area contributed by atoms with Crippen LogP contribution < -0.4 is 16.0 Å². The number of nitrogens with zero attached hydrogens (tertiary/aromatic N) is 1. The number of anilines is 1. The number of benzene rings is 1. The fourth-order valence-electron chi connectivity index (χ4n) is 3.13. The van der Waals surface area contributed by atoms with Crippen LogP contribution in [0.3, 0.4) is 0 Å². The number of aryl methyl sites for hydroxylation is 1. The minimum Gasteiger partial charge on any atom is -0.377 e. The van der Waals surface area contributed by atoms with E-state index in [-0.39, 0.29) is 38.1 Å². The molecular weight excluding hydrogens is 472 g/mol. The van der Waals surface area contributed by atoms with Crippen LogP contribution in [0.25, 0.3) is 0 Å². The van der Waals surface area contributed by atoms with E-state index < -0.39 is 5.91 Å². The lowest BCUT2D eigenvalue weighted by molar-refractivity contribution is -0.127. The van der Waals surface area contributed by atoms with Crippen molar-refractivity contribution in [3.8, 4) is 0 Å². The monoisotopic (exact) mass is 508 g/mol. The van der Waals surface area contributed by atoms with Crippen LogP contribution in [-0.4, -0.2) is 88.2 Å². The van der Waals surface area contributed by atoms with Gasteiger partial charge in [-0.05, 0) is 37.5 Å². The van der Waals surface area contributed by atoms with Crippen molar-refractivity contribution in [1.82, 2.24) is 15.5 Å². The van der Waals surface area contributed by atoms with Crippen molar-refractivity contribution in [2.24, 2.45) is 0 Å². The highest BCUT2D eigenvalue weighted by atomic mass is 16.5. The summed E-state index contributed by atoms with van der Waals surface area (Å²) in [5.74, 6) is -0.752. The van der Waals surface area contributed by atoms with E-state index in [4.69, 9.17) is 14.2 Å². The summed E-state index contributed by atoms with van der Waals surface area (Å²) in [4.78, 5) is 57.6. The van der Waals surface area contributed by atoms with Gasteiger partial charge in [-0.3, -0.25) is 29.3 Å². The third-order valence-electron chi connectivity index (χ3n) is 5.19. The number of hydrogen-bond donors (Lipinski definition) is 3. The van der Waals surface area contributed by atoms with Crippen molar-refractivity contribution in [1.29, 1.82) is 0 Å². The zero-order chi connectivity index (χ0) is 26.6. The van der Waals surface area contributed by atoms with Crippen molar-refractivity contribution in [2.75, 3.05) is 51.5 Å². The normalized spacial score (nSPS) is 11.3. The largest absolute Gasteiger partial charge is 0.377 e. The number of rotatable bonds is 21. The molecular formula is C24H36N4O8. The van der Waals surface area contributed by atoms with Crippen LogP contribution in [0.4, 0.5) is 5.69 Å².